The summed E-state index contributed by atoms with van der Waals surface area (Å²) >= 11 is 15.3. The van der Waals surface area contributed by atoms with Gasteiger partial charge in [0.05, 0.1) is 5.88 Å². The third kappa shape index (κ3) is 18.6. The highest BCUT2D eigenvalue weighted by molar-refractivity contribution is 6.85. The summed E-state index contributed by atoms with van der Waals surface area (Å²) in [6.07, 6.45) is 0. The van der Waals surface area contributed by atoms with Crippen molar-refractivity contribution < 1.29 is 0 Å². The van der Waals surface area contributed by atoms with Gasteiger partial charge in [-0.3, -0.25) is 0 Å². The Morgan fingerprint density at radius 1 is 1.14 bits per heavy atom. The van der Waals surface area contributed by atoms with Crippen molar-refractivity contribution in [3.05, 3.63) is 0 Å². The van der Waals surface area contributed by atoms with Crippen LogP contribution in [0.5, 0.6) is 0 Å². The molecule has 0 fully saturated rings. The van der Waals surface area contributed by atoms with Crippen LogP contribution in [0.1, 0.15) is 0 Å². The SMILES string of the molecule is ClCC(Cl)Cl.ClCl. The summed E-state index contributed by atoms with van der Waals surface area (Å²) in [5.41, 5.74) is 0. The van der Waals surface area contributed by atoms with Crippen LogP contribution in [-0.2, 0) is 0 Å². The average Bonchev–Trinajstić information content (AvgIpc) is 1.73. The predicted octanol–water partition coefficient (Wildman–Crippen LogP) is 3.41. The topological polar surface area (TPSA) is 0 Å². The van der Waals surface area contributed by atoms with Gasteiger partial charge >= 0.3 is 0 Å². The summed E-state index contributed by atoms with van der Waals surface area (Å²) in [7, 11) is 8.22. The highest BCUT2D eigenvalue weighted by atomic mass is 36.5. The van der Waals surface area contributed by atoms with Crippen LogP contribution in [0.3, 0.4) is 0 Å². The Kier molecular flexibility index (Phi) is 16.8. The van der Waals surface area contributed by atoms with Crippen LogP contribution in [0.2, 0.25) is 0 Å². The molecule has 0 unspecified atom stereocenters. The summed E-state index contributed by atoms with van der Waals surface area (Å²) in [5, 5.41) is 0. The maximum atomic E-state index is 5.10. The van der Waals surface area contributed by atoms with E-state index in [1.165, 1.54) is 0 Å². The van der Waals surface area contributed by atoms with Gasteiger partial charge in [-0.2, -0.15) is 0 Å². The first kappa shape index (κ1) is 11.3. The van der Waals surface area contributed by atoms with Crippen molar-refractivity contribution in [1.82, 2.24) is 0 Å². The Hall–Kier alpha value is 1.45. The molecule has 0 rings (SSSR count). The van der Waals surface area contributed by atoms with E-state index < -0.39 is 4.84 Å². The first-order valence-electron chi connectivity index (χ1n) is 1.25. The molecule has 0 radical (unpaired) electrons. The molecule has 7 heavy (non-hydrogen) atoms. The normalized spacial score (nSPS) is 7.71. The molecule has 0 aliphatic carbocycles. The molecular weight excluding hydrogens is 201 g/mol. The van der Waals surface area contributed by atoms with Gasteiger partial charge in [0.25, 0.3) is 0 Å². The molecule has 0 aliphatic rings. The van der Waals surface area contributed by atoms with Crippen molar-refractivity contribution in [3.8, 4) is 0 Å². The second kappa shape index (κ2) is 10.4. The third-order valence-corrected chi connectivity index (χ3v) is 1.05. The van der Waals surface area contributed by atoms with E-state index in [4.69, 9.17) is 34.8 Å². The molecule has 0 saturated heterocycles. The van der Waals surface area contributed by atoms with E-state index in [1.54, 1.807) is 0 Å². The van der Waals surface area contributed by atoms with Gasteiger partial charge in [0.2, 0.25) is 0 Å². The second-order valence-corrected chi connectivity index (χ2v) is 2.13. The first-order chi connectivity index (χ1) is 3.27. The van der Waals surface area contributed by atoms with Crippen molar-refractivity contribution in [2.24, 2.45) is 0 Å². The molecule has 0 bridgehead atoms. The van der Waals surface area contributed by atoms with Crippen LogP contribution in [-0.4, -0.2) is 10.7 Å². The molecule has 0 spiro atoms. The minimum Gasteiger partial charge on any atom is -0.124 e. The fourth-order valence-corrected chi connectivity index (χ4v) is 0. The van der Waals surface area contributed by atoms with E-state index in [-0.39, 0.29) is 0 Å². The lowest BCUT2D eigenvalue weighted by atomic mass is 10.9. The van der Waals surface area contributed by atoms with Gasteiger partial charge in [-0.1, -0.05) is 0 Å². The van der Waals surface area contributed by atoms with Gasteiger partial charge in [0.1, 0.15) is 4.84 Å². The summed E-state index contributed by atoms with van der Waals surface area (Å²) in [6.45, 7) is 0. The molecule has 0 atom stereocenters. The van der Waals surface area contributed by atoms with Crippen LogP contribution in [0.25, 0.3) is 0 Å². The molecule has 0 nitrogen and oxygen atoms in total. The zero-order chi connectivity index (χ0) is 6.28. The standard InChI is InChI=1S/C2H3Cl3.Cl2/c3-1-2(4)5;1-2/h2H,1H2;. The molecule has 0 saturated carbocycles. The Morgan fingerprint density at radius 2 is 1.29 bits per heavy atom. The van der Waals surface area contributed by atoms with Crippen molar-refractivity contribution in [2.75, 3.05) is 5.88 Å². The van der Waals surface area contributed by atoms with Crippen LogP contribution < -0.4 is 0 Å². The number of rotatable bonds is 1. The van der Waals surface area contributed by atoms with Gasteiger partial charge in [0.15, 0.2) is 0 Å². The molecule has 0 aromatic heterocycles. The van der Waals surface area contributed by atoms with Crippen LogP contribution in [0.15, 0.2) is 0 Å². The minimum atomic E-state index is -0.406. The zero-order valence-electron chi connectivity index (χ0n) is 3.17. The average molecular weight is 204 g/mol. The first-order valence-corrected chi connectivity index (χ1v) is 3.81. The Morgan fingerprint density at radius 3 is 1.29 bits per heavy atom. The van der Waals surface area contributed by atoms with E-state index >= 15 is 0 Å². The van der Waals surface area contributed by atoms with E-state index in [9.17, 15) is 0 Å². The molecule has 0 amide bonds. The number of alkyl halides is 3. The van der Waals surface area contributed by atoms with E-state index in [1.807, 2.05) is 0 Å². The number of hydrogen-bond donors (Lipinski definition) is 0. The predicted molar refractivity (Wildman–Crippen MR) is 37.9 cm³/mol. The largest absolute Gasteiger partial charge is 0.124 e. The Labute approximate surface area is 67.2 Å². The van der Waals surface area contributed by atoms with E-state index in [0.29, 0.717) is 5.88 Å². The third-order valence-electron chi connectivity index (χ3n) is 0.117. The second-order valence-electron chi connectivity index (χ2n) is 0.545. The highest BCUT2D eigenvalue weighted by Crippen LogP contribution is 2.01. The minimum absolute atomic E-state index is 0.309. The molecule has 0 aromatic rings. The van der Waals surface area contributed by atoms with Gasteiger partial charge < -0.3 is 0 Å². The van der Waals surface area contributed by atoms with Crippen molar-refractivity contribution in [3.63, 3.8) is 0 Å². The number of halogens is 5. The molecule has 0 aliphatic heterocycles. The molecule has 46 valence electrons. The van der Waals surface area contributed by atoms with Crippen LogP contribution in [0, 0.1) is 0 Å². The molecule has 0 aromatic carbocycles. The maximum Gasteiger partial charge on any atom is 0.121 e. The summed E-state index contributed by atoms with van der Waals surface area (Å²) in [6, 6.07) is 0. The lowest BCUT2D eigenvalue weighted by Gasteiger charge is -1.82. The fraction of sp³-hybridized carbons (Fsp3) is 1.00. The molecule has 5 heteroatoms. The Balaban J connectivity index is 0. The Bertz CT molecular complexity index is 20.0. The quantitative estimate of drug-likeness (QED) is 0.574. The zero-order valence-corrected chi connectivity index (χ0v) is 6.95. The highest BCUT2D eigenvalue weighted by Gasteiger charge is 1.88. The van der Waals surface area contributed by atoms with Crippen molar-refractivity contribution >= 4 is 56.5 Å². The molecule has 0 N–H and O–H groups in total. The molecular formula is C2H3Cl5. The smallest absolute Gasteiger partial charge is 0.121 e. The van der Waals surface area contributed by atoms with Gasteiger partial charge in [0, 0.05) is 21.7 Å². The van der Waals surface area contributed by atoms with Gasteiger partial charge in [-0.25, -0.2) is 0 Å². The van der Waals surface area contributed by atoms with Crippen molar-refractivity contribution in [2.45, 2.75) is 4.84 Å². The lowest BCUT2D eigenvalue weighted by Crippen LogP contribution is -1.82. The summed E-state index contributed by atoms with van der Waals surface area (Å²) < 4.78 is 0. The van der Waals surface area contributed by atoms with Gasteiger partial charge in [-0.15, -0.1) is 34.8 Å². The molecule has 0 heterocycles. The number of hydrogen-bond acceptors (Lipinski definition) is 0. The van der Waals surface area contributed by atoms with E-state index in [2.05, 4.69) is 21.7 Å². The van der Waals surface area contributed by atoms with Crippen LogP contribution >= 0.6 is 56.5 Å². The van der Waals surface area contributed by atoms with Gasteiger partial charge in [-0.05, 0) is 0 Å². The maximum absolute atomic E-state index is 5.10. The van der Waals surface area contributed by atoms with Crippen LogP contribution in [0.4, 0.5) is 0 Å². The lowest BCUT2D eigenvalue weighted by molar-refractivity contribution is 1.40. The summed E-state index contributed by atoms with van der Waals surface area (Å²) in [4.78, 5) is -0.406. The fourth-order valence-electron chi connectivity index (χ4n) is 0. The van der Waals surface area contributed by atoms with Crippen molar-refractivity contribution in [1.29, 1.82) is 0 Å². The summed E-state index contributed by atoms with van der Waals surface area (Å²) in [5.74, 6) is 0.309. The van der Waals surface area contributed by atoms with E-state index in [0.717, 1.165) is 0 Å². The monoisotopic (exact) mass is 202 g/mol.